The highest BCUT2D eigenvalue weighted by Gasteiger charge is 2.20. The van der Waals surface area contributed by atoms with E-state index < -0.39 is 11.8 Å². The molecule has 0 fully saturated rings. The van der Waals surface area contributed by atoms with Crippen molar-refractivity contribution in [1.29, 1.82) is 0 Å². The van der Waals surface area contributed by atoms with E-state index in [9.17, 15) is 9.90 Å². The van der Waals surface area contributed by atoms with Gasteiger partial charge in [0.1, 0.15) is 0 Å². The molecule has 3 nitrogen and oxygen atoms in total. The van der Waals surface area contributed by atoms with Crippen LogP contribution in [0.5, 0.6) is 0 Å². The molecule has 3 heteroatoms. The Morgan fingerprint density at radius 3 is 2.64 bits per heavy atom. The number of ether oxygens (including phenoxy) is 1. The van der Waals surface area contributed by atoms with E-state index in [2.05, 4.69) is 4.74 Å². The summed E-state index contributed by atoms with van der Waals surface area (Å²) in [6.07, 6.45) is 3.22. The Kier molecular flexibility index (Phi) is 3.82. The molecule has 1 atom stereocenters. The van der Waals surface area contributed by atoms with Gasteiger partial charge in [-0.3, -0.25) is 0 Å². The molecule has 0 radical (unpaired) electrons. The number of carbonyl (C=O) groups excluding carboxylic acids is 1. The number of carbonyl (C=O) groups is 1. The minimum atomic E-state index is -1.34. The van der Waals surface area contributed by atoms with Gasteiger partial charge in [-0.1, -0.05) is 13.0 Å². The monoisotopic (exact) mass is 158 g/mol. The van der Waals surface area contributed by atoms with Crippen LogP contribution in [-0.4, -0.2) is 16.9 Å². The zero-order valence-corrected chi connectivity index (χ0v) is 7.13. The van der Waals surface area contributed by atoms with Crippen molar-refractivity contribution in [1.82, 2.24) is 0 Å². The highest BCUT2D eigenvalue weighted by Crippen LogP contribution is 2.10. The third kappa shape index (κ3) is 4.56. The van der Waals surface area contributed by atoms with E-state index in [-0.39, 0.29) is 0 Å². The lowest BCUT2D eigenvalue weighted by atomic mass is 10.2. The van der Waals surface area contributed by atoms with Crippen molar-refractivity contribution in [2.75, 3.05) is 0 Å². The molecule has 0 aromatic rings. The van der Waals surface area contributed by atoms with E-state index in [0.29, 0.717) is 6.42 Å². The van der Waals surface area contributed by atoms with E-state index in [0.717, 1.165) is 0 Å². The molecular weight excluding hydrogens is 144 g/mol. The van der Waals surface area contributed by atoms with Gasteiger partial charge in [0.2, 0.25) is 5.79 Å². The van der Waals surface area contributed by atoms with Gasteiger partial charge < -0.3 is 9.84 Å². The van der Waals surface area contributed by atoms with Crippen LogP contribution in [0.25, 0.3) is 0 Å². The van der Waals surface area contributed by atoms with Crippen molar-refractivity contribution in [2.24, 2.45) is 0 Å². The molecule has 0 spiro atoms. The predicted molar refractivity (Wildman–Crippen MR) is 41.8 cm³/mol. The Bertz CT molecular complexity index is 159. The molecule has 0 saturated heterocycles. The minimum Gasteiger partial charge on any atom is -0.430 e. The van der Waals surface area contributed by atoms with Gasteiger partial charge in [0.05, 0.1) is 0 Å². The Hall–Kier alpha value is -0.830. The fraction of sp³-hybridized carbons (Fsp3) is 0.625. The summed E-state index contributed by atoms with van der Waals surface area (Å²) in [5, 5.41) is 9.24. The van der Waals surface area contributed by atoms with Crippen molar-refractivity contribution in [3.8, 4) is 0 Å². The maximum atomic E-state index is 10.7. The lowest BCUT2D eigenvalue weighted by Crippen LogP contribution is -2.29. The summed E-state index contributed by atoms with van der Waals surface area (Å²) in [6, 6.07) is 0. The van der Waals surface area contributed by atoms with E-state index in [1.165, 1.54) is 13.0 Å². The molecular formula is C8H14O3. The standard InChI is InChI=1S/C8H14O3/c1-4-6-7(9)11-8(3,10)5-2/h4,6,10H,5H2,1-3H3/b6-4+. The summed E-state index contributed by atoms with van der Waals surface area (Å²) >= 11 is 0. The Labute approximate surface area is 66.7 Å². The summed E-state index contributed by atoms with van der Waals surface area (Å²) in [5.74, 6) is -1.85. The third-order valence-corrected chi connectivity index (χ3v) is 1.28. The molecule has 0 aliphatic heterocycles. The fourth-order valence-electron chi connectivity index (χ4n) is 0.459. The first-order chi connectivity index (χ1) is 5.02. The highest BCUT2D eigenvalue weighted by atomic mass is 16.7. The Morgan fingerprint density at radius 2 is 2.27 bits per heavy atom. The van der Waals surface area contributed by atoms with Crippen LogP contribution in [0.1, 0.15) is 27.2 Å². The molecule has 1 N–H and O–H groups in total. The molecule has 0 aliphatic carbocycles. The SMILES string of the molecule is C/C=C/C(=O)OC(C)(O)CC. The maximum absolute atomic E-state index is 10.7. The van der Waals surface area contributed by atoms with Gasteiger partial charge in [-0.2, -0.15) is 0 Å². The summed E-state index contributed by atoms with van der Waals surface area (Å²) < 4.78 is 4.66. The van der Waals surface area contributed by atoms with E-state index in [1.54, 1.807) is 19.9 Å². The molecule has 64 valence electrons. The summed E-state index contributed by atoms with van der Waals surface area (Å²) in [7, 11) is 0. The van der Waals surface area contributed by atoms with Crippen molar-refractivity contribution in [2.45, 2.75) is 33.0 Å². The van der Waals surface area contributed by atoms with Gasteiger partial charge in [-0.05, 0) is 6.92 Å². The minimum absolute atomic E-state index is 0.385. The van der Waals surface area contributed by atoms with Gasteiger partial charge in [0, 0.05) is 19.4 Å². The molecule has 1 unspecified atom stereocenters. The molecule has 0 aliphatic rings. The molecule has 0 aromatic heterocycles. The van der Waals surface area contributed by atoms with Crippen molar-refractivity contribution in [3.05, 3.63) is 12.2 Å². The van der Waals surface area contributed by atoms with Crippen LogP contribution in [0, 0.1) is 0 Å². The van der Waals surface area contributed by atoms with Crippen LogP contribution in [0.4, 0.5) is 0 Å². The maximum Gasteiger partial charge on any atom is 0.332 e. The first-order valence-corrected chi connectivity index (χ1v) is 3.60. The molecule has 0 bridgehead atoms. The van der Waals surface area contributed by atoms with Crippen LogP contribution in [0.15, 0.2) is 12.2 Å². The second-order valence-electron chi connectivity index (χ2n) is 2.45. The molecule has 11 heavy (non-hydrogen) atoms. The van der Waals surface area contributed by atoms with Crippen LogP contribution < -0.4 is 0 Å². The summed E-state index contributed by atoms with van der Waals surface area (Å²) in [6.45, 7) is 4.90. The molecule has 0 amide bonds. The van der Waals surface area contributed by atoms with Gasteiger partial charge in [-0.15, -0.1) is 0 Å². The number of hydrogen-bond donors (Lipinski definition) is 1. The lowest BCUT2D eigenvalue weighted by molar-refractivity contribution is -0.197. The van der Waals surface area contributed by atoms with Crippen LogP contribution in [0.2, 0.25) is 0 Å². The average Bonchev–Trinajstić information content (AvgIpc) is 1.87. The molecule has 0 saturated carbocycles. The first-order valence-electron chi connectivity index (χ1n) is 3.60. The van der Waals surface area contributed by atoms with Crippen molar-refractivity contribution < 1.29 is 14.6 Å². The number of esters is 1. The highest BCUT2D eigenvalue weighted by molar-refractivity contribution is 5.82. The van der Waals surface area contributed by atoms with Gasteiger partial charge >= 0.3 is 5.97 Å². The zero-order chi connectivity index (χ0) is 8.91. The largest absolute Gasteiger partial charge is 0.430 e. The predicted octanol–water partition coefficient (Wildman–Crippen LogP) is 1.22. The third-order valence-electron chi connectivity index (χ3n) is 1.28. The second kappa shape index (κ2) is 4.13. The number of rotatable bonds is 3. The number of aliphatic hydroxyl groups is 1. The van der Waals surface area contributed by atoms with Crippen LogP contribution >= 0.6 is 0 Å². The topological polar surface area (TPSA) is 46.5 Å². The van der Waals surface area contributed by atoms with Gasteiger partial charge in [0.15, 0.2) is 0 Å². The average molecular weight is 158 g/mol. The fourth-order valence-corrected chi connectivity index (χ4v) is 0.459. The molecule has 0 heterocycles. The van der Waals surface area contributed by atoms with Crippen molar-refractivity contribution >= 4 is 5.97 Å². The first kappa shape index (κ1) is 10.2. The lowest BCUT2D eigenvalue weighted by Gasteiger charge is -2.20. The molecule has 0 aromatic carbocycles. The van der Waals surface area contributed by atoms with Crippen LogP contribution in [-0.2, 0) is 9.53 Å². The summed E-state index contributed by atoms with van der Waals surface area (Å²) in [5.41, 5.74) is 0. The van der Waals surface area contributed by atoms with Crippen LogP contribution in [0.3, 0.4) is 0 Å². The Balaban J connectivity index is 3.93. The van der Waals surface area contributed by atoms with Gasteiger partial charge in [-0.25, -0.2) is 4.79 Å². The smallest absolute Gasteiger partial charge is 0.332 e. The van der Waals surface area contributed by atoms with Gasteiger partial charge in [0.25, 0.3) is 0 Å². The molecule has 0 rings (SSSR count). The number of hydrogen-bond acceptors (Lipinski definition) is 3. The van der Waals surface area contributed by atoms with E-state index in [1.807, 2.05) is 0 Å². The van der Waals surface area contributed by atoms with E-state index >= 15 is 0 Å². The normalized spacial score (nSPS) is 16.4. The summed E-state index contributed by atoms with van der Waals surface area (Å²) in [4.78, 5) is 10.7. The zero-order valence-electron chi connectivity index (χ0n) is 7.13. The second-order valence-corrected chi connectivity index (χ2v) is 2.45. The Morgan fingerprint density at radius 1 is 1.73 bits per heavy atom. The number of allylic oxidation sites excluding steroid dienone is 1. The quantitative estimate of drug-likeness (QED) is 0.381. The van der Waals surface area contributed by atoms with Crippen molar-refractivity contribution in [3.63, 3.8) is 0 Å². The van der Waals surface area contributed by atoms with E-state index in [4.69, 9.17) is 0 Å².